The summed E-state index contributed by atoms with van der Waals surface area (Å²) < 4.78 is 0. The van der Waals surface area contributed by atoms with Crippen molar-refractivity contribution in [2.75, 3.05) is 37.5 Å². The fourth-order valence-electron chi connectivity index (χ4n) is 1.35. The zero-order chi connectivity index (χ0) is 13.2. The topological polar surface area (TPSA) is 52.5 Å². The van der Waals surface area contributed by atoms with Gasteiger partial charge in [-0.05, 0) is 18.5 Å². The van der Waals surface area contributed by atoms with Gasteiger partial charge in [-0.2, -0.15) is 4.98 Å². The maximum atomic E-state index is 9.18. The third-order valence-corrected chi connectivity index (χ3v) is 2.93. The Morgan fingerprint density at radius 2 is 1.82 bits per heavy atom. The molecule has 0 fully saturated rings. The van der Waals surface area contributed by atoms with Crippen LogP contribution in [0.25, 0.3) is 0 Å². The fourth-order valence-corrected chi connectivity index (χ4v) is 1.86. The first-order valence-corrected chi connectivity index (χ1v) is 5.88. The Bertz CT molecular complexity index is 400. The molecule has 7 heteroatoms. The Kier molecular flexibility index (Phi) is 4.80. The van der Waals surface area contributed by atoms with E-state index in [-0.39, 0.29) is 23.1 Å². The van der Waals surface area contributed by atoms with E-state index in [4.69, 9.17) is 23.2 Å². The van der Waals surface area contributed by atoms with Gasteiger partial charge in [-0.15, -0.1) is 0 Å². The summed E-state index contributed by atoms with van der Waals surface area (Å²) in [5.74, 6) is 0.623. The standard InChI is InChI=1S/C10H16Cl2N4O/c1-6(5-17)16(4)7-8(11)13-10(12)14-9(7)15(2)3/h6,17H,5H2,1-4H3/t6-/m1/s1. The van der Waals surface area contributed by atoms with E-state index in [1.54, 1.807) is 4.90 Å². The number of aromatic nitrogens is 2. The molecule has 0 bridgehead atoms. The smallest absolute Gasteiger partial charge is 0.225 e. The van der Waals surface area contributed by atoms with Crippen LogP contribution in [0.5, 0.6) is 0 Å². The highest BCUT2D eigenvalue weighted by molar-refractivity contribution is 6.34. The molecule has 0 saturated heterocycles. The minimum Gasteiger partial charge on any atom is -0.394 e. The van der Waals surface area contributed by atoms with Crippen LogP contribution in [0.3, 0.4) is 0 Å². The van der Waals surface area contributed by atoms with Crippen LogP contribution < -0.4 is 9.80 Å². The van der Waals surface area contributed by atoms with E-state index in [9.17, 15) is 5.11 Å². The normalized spacial score (nSPS) is 12.4. The van der Waals surface area contributed by atoms with E-state index in [0.29, 0.717) is 11.5 Å². The molecule has 0 unspecified atom stereocenters. The van der Waals surface area contributed by atoms with Crippen LogP contribution in [0.15, 0.2) is 0 Å². The summed E-state index contributed by atoms with van der Waals surface area (Å²) in [6, 6.07) is -0.0871. The predicted molar refractivity (Wildman–Crippen MR) is 71.3 cm³/mol. The number of halogens is 2. The summed E-state index contributed by atoms with van der Waals surface area (Å²) in [5.41, 5.74) is 0.655. The summed E-state index contributed by atoms with van der Waals surface area (Å²) in [6.07, 6.45) is 0. The molecular formula is C10H16Cl2N4O. The molecule has 1 atom stereocenters. The van der Waals surface area contributed by atoms with Crippen LogP contribution >= 0.6 is 23.2 Å². The summed E-state index contributed by atoms with van der Waals surface area (Å²) in [7, 11) is 5.51. The van der Waals surface area contributed by atoms with Crippen molar-refractivity contribution in [1.29, 1.82) is 0 Å². The second-order valence-corrected chi connectivity index (χ2v) is 4.69. The van der Waals surface area contributed by atoms with E-state index in [1.165, 1.54) is 0 Å². The molecule has 1 heterocycles. The summed E-state index contributed by atoms with van der Waals surface area (Å²) in [4.78, 5) is 11.7. The third-order valence-electron chi connectivity index (χ3n) is 2.50. The molecule has 0 aromatic carbocycles. The Labute approximate surface area is 111 Å². The highest BCUT2D eigenvalue weighted by Gasteiger charge is 2.20. The maximum absolute atomic E-state index is 9.18. The number of aliphatic hydroxyl groups is 1. The molecule has 0 spiro atoms. The minimum atomic E-state index is -0.0871. The van der Waals surface area contributed by atoms with Crippen LogP contribution in [-0.4, -0.2) is 48.9 Å². The fraction of sp³-hybridized carbons (Fsp3) is 0.600. The molecule has 17 heavy (non-hydrogen) atoms. The minimum absolute atomic E-state index is 0.0162. The van der Waals surface area contributed by atoms with Crippen molar-refractivity contribution >= 4 is 34.7 Å². The van der Waals surface area contributed by atoms with Crippen molar-refractivity contribution in [3.63, 3.8) is 0 Å². The van der Waals surface area contributed by atoms with Gasteiger partial charge < -0.3 is 14.9 Å². The Morgan fingerprint density at radius 3 is 2.29 bits per heavy atom. The molecule has 0 aliphatic carbocycles. The van der Waals surface area contributed by atoms with Gasteiger partial charge in [0.1, 0.15) is 5.69 Å². The van der Waals surface area contributed by atoms with Gasteiger partial charge in [0.2, 0.25) is 5.28 Å². The maximum Gasteiger partial charge on any atom is 0.225 e. The molecule has 0 saturated carbocycles. The summed E-state index contributed by atoms with van der Waals surface area (Å²) in [5, 5.41) is 9.55. The van der Waals surface area contributed by atoms with Gasteiger partial charge in [0.15, 0.2) is 11.0 Å². The second kappa shape index (κ2) is 5.71. The van der Waals surface area contributed by atoms with Gasteiger partial charge in [-0.1, -0.05) is 11.6 Å². The Hall–Kier alpha value is -0.780. The van der Waals surface area contributed by atoms with E-state index < -0.39 is 0 Å². The molecule has 1 aromatic heterocycles. The molecule has 1 rings (SSSR count). The lowest BCUT2D eigenvalue weighted by atomic mass is 10.3. The molecule has 96 valence electrons. The van der Waals surface area contributed by atoms with Crippen LogP contribution in [-0.2, 0) is 0 Å². The molecule has 1 aromatic rings. The van der Waals surface area contributed by atoms with E-state index in [0.717, 1.165) is 0 Å². The number of hydrogen-bond donors (Lipinski definition) is 1. The van der Waals surface area contributed by atoms with Crippen molar-refractivity contribution in [1.82, 2.24) is 9.97 Å². The van der Waals surface area contributed by atoms with Crippen LogP contribution in [0, 0.1) is 0 Å². The number of hydrogen-bond acceptors (Lipinski definition) is 5. The summed E-state index contributed by atoms with van der Waals surface area (Å²) >= 11 is 11.9. The lowest BCUT2D eigenvalue weighted by molar-refractivity contribution is 0.270. The lowest BCUT2D eigenvalue weighted by Crippen LogP contribution is -2.33. The molecule has 0 radical (unpaired) electrons. The average Bonchev–Trinajstić information content (AvgIpc) is 2.26. The zero-order valence-corrected chi connectivity index (χ0v) is 11.8. The van der Waals surface area contributed by atoms with Crippen LogP contribution in [0.4, 0.5) is 11.5 Å². The first-order valence-electron chi connectivity index (χ1n) is 5.12. The van der Waals surface area contributed by atoms with Gasteiger partial charge in [-0.3, -0.25) is 0 Å². The monoisotopic (exact) mass is 278 g/mol. The van der Waals surface area contributed by atoms with Gasteiger partial charge >= 0.3 is 0 Å². The largest absolute Gasteiger partial charge is 0.394 e. The molecule has 0 aliphatic rings. The highest BCUT2D eigenvalue weighted by Crippen LogP contribution is 2.34. The number of rotatable bonds is 4. The van der Waals surface area contributed by atoms with Gasteiger partial charge in [-0.25, -0.2) is 4.98 Å². The first kappa shape index (κ1) is 14.3. The van der Waals surface area contributed by atoms with E-state index in [2.05, 4.69) is 9.97 Å². The van der Waals surface area contributed by atoms with Gasteiger partial charge in [0, 0.05) is 27.2 Å². The Balaban J connectivity index is 3.30. The van der Waals surface area contributed by atoms with Crippen LogP contribution in [0.2, 0.25) is 10.4 Å². The van der Waals surface area contributed by atoms with Crippen molar-refractivity contribution in [3.05, 3.63) is 10.4 Å². The van der Waals surface area contributed by atoms with Gasteiger partial charge in [0.25, 0.3) is 0 Å². The van der Waals surface area contributed by atoms with E-state index in [1.807, 2.05) is 33.0 Å². The van der Waals surface area contributed by atoms with Crippen molar-refractivity contribution < 1.29 is 5.11 Å². The SMILES string of the molecule is C[C@H](CO)N(C)c1c(Cl)nc(Cl)nc1N(C)C. The number of anilines is 2. The number of aliphatic hydroxyl groups excluding tert-OH is 1. The van der Waals surface area contributed by atoms with E-state index >= 15 is 0 Å². The predicted octanol–water partition coefficient (Wildman–Crippen LogP) is 1.67. The van der Waals surface area contributed by atoms with Crippen molar-refractivity contribution in [3.8, 4) is 0 Å². The third kappa shape index (κ3) is 3.12. The van der Waals surface area contributed by atoms with Crippen LogP contribution in [0.1, 0.15) is 6.92 Å². The number of nitrogens with zero attached hydrogens (tertiary/aromatic N) is 4. The number of likely N-dealkylation sites (N-methyl/N-ethyl adjacent to an activating group) is 1. The summed E-state index contributed by atoms with van der Waals surface area (Å²) in [6.45, 7) is 1.90. The lowest BCUT2D eigenvalue weighted by Gasteiger charge is -2.29. The highest BCUT2D eigenvalue weighted by atomic mass is 35.5. The quantitative estimate of drug-likeness (QED) is 0.671. The second-order valence-electron chi connectivity index (χ2n) is 3.99. The zero-order valence-electron chi connectivity index (χ0n) is 10.3. The molecular weight excluding hydrogens is 263 g/mol. The Morgan fingerprint density at radius 1 is 1.24 bits per heavy atom. The average molecular weight is 279 g/mol. The van der Waals surface area contributed by atoms with Crippen molar-refractivity contribution in [2.45, 2.75) is 13.0 Å². The molecule has 5 nitrogen and oxygen atoms in total. The molecule has 0 aliphatic heterocycles. The molecule has 1 N–H and O–H groups in total. The van der Waals surface area contributed by atoms with Gasteiger partial charge in [0.05, 0.1) is 6.61 Å². The van der Waals surface area contributed by atoms with Crippen molar-refractivity contribution in [2.24, 2.45) is 0 Å². The first-order chi connectivity index (χ1) is 7.88. The molecule has 0 amide bonds.